The standard InChI is InChI=1S/C46H27N3O3/c1-2-10-27(11-3-1)46(28-21-23-37-33(25-28)30-13-5-7-17-36(30)50-37)34-15-9-19-39-42(34)41-32(14-8-18-38(41)52-39)44-47-43(48-45(46)49-44)26-20-22-31-29-12-4-6-16-35(29)51-40(31)24-26/h1-20,22,24-25H,21,23H2. The molecule has 1 unspecified atom stereocenters. The van der Waals surface area contributed by atoms with E-state index in [1.807, 2.05) is 42.5 Å². The zero-order valence-corrected chi connectivity index (χ0v) is 27.8. The van der Waals surface area contributed by atoms with Crippen LogP contribution in [-0.4, -0.2) is 15.0 Å². The Hall–Kier alpha value is -6.79. The van der Waals surface area contributed by atoms with Gasteiger partial charge in [0.2, 0.25) is 0 Å². The summed E-state index contributed by atoms with van der Waals surface area (Å²) in [6, 6.07) is 45.9. The lowest BCUT2D eigenvalue weighted by molar-refractivity contribution is 0.530. The number of benzene rings is 6. The zero-order valence-electron chi connectivity index (χ0n) is 27.8. The van der Waals surface area contributed by atoms with Crippen LogP contribution in [-0.2, 0) is 11.8 Å². The first-order chi connectivity index (χ1) is 25.7. The van der Waals surface area contributed by atoms with Crippen LogP contribution < -0.4 is 0 Å². The first-order valence-electron chi connectivity index (χ1n) is 17.6. The van der Waals surface area contributed by atoms with Crippen molar-refractivity contribution in [2.45, 2.75) is 18.3 Å². The lowest BCUT2D eigenvalue weighted by atomic mass is 9.64. The van der Waals surface area contributed by atoms with E-state index in [9.17, 15) is 0 Å². The predicted octanol–water partition coefficient (Wildman–Crippen LogP) is 11.4. The van der Waals surface area contributed by atoms with Crippen LogP contribution in [0.4, 0.5) is 0 Å². The summed E-state index contributed by atoms with van der Waals surface area (Å²) >= 11 is 0. The van der Waals surface area contributed by atoms with E-state index in [0.717, 1.165) is 101 Å². The van der Waals surface area contributed by atoms with Crippen molar-refractivity contribution in [3.63, 3.8) is 0 Å². The third-order valence-electron chi connectivity index (χ3n) is 11.1. The van der Waals surface area contributed by atoms with Gasteiger partial charge >= 0.3 is 0 Å². The maximum Gasteiger partial charge on any atom is 0.164 e. The molecule has 0 saturated heterocycles. The van der Waals surface area contributed by atoms with Gasteiger partial charge in [0.1, 0.15) is 39.1 Å². The summed E-state index contributed by atoms with van der Waals surface area (Å²) < 4.78 is 19.4. The number of para-hydroxylation sites is 2. The van der Waals surface area contributed by atoms with Crippen LogP contribution in [0.15, 0.2) is 152 Å². The van der Waals surface area contributed by atoms with Crippen molar-refractivity contribution in [3.05, 3.63) is 167 Å². The van der Waals surface area contributed by atoms with Crippen molar-refractivity contribution in [1.29, 1.82) is 0 Å². The predicted molar refractivity (Wildman–Crippen MR) is 204 cm³/mol. The van der Waals surface area contributed by atoms with Crippen molar-refractivity contribution >= 4 is 60.9 Å². The highest BCUT2D eigenvalue weighted by Crippen LogP contribution is 2.54. The average molecular weight is 670 g/mol. The van der Waals surface area contributed by atoms with E-state index in [4.69, 9.17) is 28.2 Å². The van der Waals surface area contributed by atoms with E-state index < -0.39 is 5.41 Å². The van der Waals surface area contributed by atoms with Gasteiger partial charge in [-0.15, -0.1) is 0 Å². The lowest BCUT2D eigenvalue weighted by Crippen LogP contribution is -2.36. The molecular formula is C46H27N3O3. The topological polar surface area (TPSA) is 78.1 Å². The minimum absolute atomic E-state index is 0.588. The maximum atomic E-state index is 6.63. The number of fused-ring (bicyclic) bond motifs is 9. The highest BCUT2D eigenvalue weighted by atomic mass is 16.3. The number of aryl methyl sites for hydroxylation is 1. The van der Waals surface area contributed by atoms with Gasteiger partial charge in [-0.3, -0.25) is 0 Å². The SMILES string of the molecule is C1=C(C2(c3ccccc3)c3nc(-c4ccc5c(c4)oc4ccccc45)nc(n3)-c3cccc4oc5cccc2c5c34)CCc2oc3ccccc3c21. The summed E-state index contributed by atoms with van der Waals surface area (Å²) in [5.41, 5.74) is 9.52. The van der Waals surface area contributed by atoms with E-state index in [-0.39, 0.29) is 0 Å². The van der Waals surface area contributed by atoms with Crippen molar-refractivity contribution in [1.82, 2.24) is 15.0 Å². The quantitative estimate of drug-likeness (QED) is 0.186. The zero-order chi connectivity index (χ0) is 34.0. The van der Waals surface area contributed by atoms with E-state index in [1.54, 1.807) is 0 Å². The number of rotatable bonds is 3. The van der Waals surface area contributed by atoms with Gasteiger partial charge in [0.15, 0.2) is 17.5 Å². The molecule has 1 aliphatic carbocycles. The Morgan fingerprint density at radius 1 is 0.500 bits per heavy atom. The number of hydrogen-bond donors (Lipinski definition) is 0. The molecule has 4 aromatic heterocycles. The Morgan fingerprint density at radius 2 is 1.19 bits per heavy atom. The van der Waals surface area contributed by atoms with E-state index in [0.29, 0.717) is 17.5 Å². The molecule has 0 spiro atoms. The lowest BCUT2D eigenvalue weighted by Gasteiger charge is -2.39. The Kier molecular flexibility index (Phi) is 5.46. The summed E-state index contributed by atoms with van der Waals surface area (Å²) in [5, 5.41) is 5.32. The van der Waals surface area contributed by atoms with Crippen LogP contribution in [0.25, 0.3) is 83.7 Å². The van der Waals surface area contributed by atoms with Gasteiger partial charge in [-0.2, -0.15) is 0 Å². The third-order valence-corrected chi connectivity index (χ3v) is 11.1. The van der Waals surface area contributed by atoms with Gasteiger partial charge in [0.25, 0.3) is 0 Å². The summed E-state index contributed by atoms with van der Waals surface area (Å²) in [6.07, 6.45) is 3.85. The van der Waals surface area contributed by atoms with Crippen LogP contribution in [0.1, 0.15) is 34.7 Å². The van der Waals surface area contributed by atoms with Crippen LogP contribution in [0.2, 0.25) is 0 Å². The molecule has 6 nitrogen and oxygen atoms in total. The van der Waals surface area contributed by atoms with Crippen molar-refractivity contribution in [2.75, 3.05) is 0 Å². The van der Waals surface area contributed by atoms with Crippen molar-refractivity contribution < 1.29 is 13.3 Å². The van der Waals surface area contributed by atoms with Crippen LogP contribution in [0, 0.1) is 0 Å². The molecule has 0 amide bonds. The molecule has 10 aromatic rings. The molecule has 0 saturated carbocycles. The molecule has 5 heterocycles. The fraction of sp³-hybridized carbons (Fsp3) is 0.0652. The maximum absolute atomic E-state index is 6.63. The molecule has 6 heteroatoms. The number of allylic oxidation sites excluding steroid dienone is 1. The summed E-state index contributed by atoms with van der Waals surface area (Å²) in [5.74, 6) is 2.87. The second-order valence-corrected chi connectivity index (χ2v) is 13.8. The van der Waals surface area contributed by atoms with Gasteiger partial charge in [-0.1, -0.05) is 97.1 Å². The van der Waals surface area contributed by atoms with Crippen LogP contribution >= 0.6 is 0 Å². The minimum atomic E-state index is -0.892. The van der Waals surface area contributed by atoms with Gasteiger partial charge in [-0.25, -0.2) is 15.0 Å². The minimum Gasteiger partial charge on any atom is -0.460 e. The Balaban J connectivity index is 1.23. The van der Waals surface area contributed by atoms with Gasteiger partial charge in [-0.05, 0) is 65.6 Å². The van der Waals surface area contributed by atoms with E-state index >= 15 is 0 Å². The molecule has 0 radical (unpaired) electrons. The Morgan fingerprint density at radius 3 is 2.08 bits per heavy atom. The van der Waals surface area contributed by atoms with Gasteiger partial charge in [0, 0.05) is 50.0 Å². The normalized spacial score (nSPS) is 16.5. The second kappa shape index (κ2) is 10.1. The molecule has 2 aliphatic rings. The first kappa shape index (κ1) is 28.0. The number of hydrogen-bond acceptors (Lipinski definition) is 6. The Labute approximate surface area is 296 Å². The molecule has 52 heavy (non-hydrogen) atoms. The smallest absolute Gasteiger partial charge is 0.164 e. The third kappa shape index (κ3) is 3.65. The molecule has 0 fully saturated rings. The molecule has 244 valence electrons. The molecule has 6 aromatic carbocycles. The van der Waals surface area contributed by atoms with Crippen molar-refractivity contribution in [3.8, 4) is 22.8 Å². The number of nitrogens with zero attached hydrogens (tertiary/aromatic N) is 3. The fourth-order valence-electron chi connectivity index (χ4n) is 8.87. The molecule has 1 aliphatic heterocycles. The number of aromatic nitrogens is 3. The van der Waals surface area contributed by atoms with E-state index in [2.05, 4.69) is 97.1 Å². The fourth-order valence-corrected chi connectivity index (χ4v) is 8.87. The molecular weight excluding hydrogens is 643 g/mol. The highest BCUT2D eigenvalue weighted by Gasteiger charge is 2.47. The monoisotopic (exact) mass is 669 g/mol. The summed E-state index contributed by atoms with van der Waals surface area (Å²) in [7, 11) is 0. The van der Waals surface area contributed by atoms with Gasteiger partial charge < -0.3 is 13.3 Å². The average Bonchev–Trinajstić information content (AvgIpc) is 3.89. The van der Waals surface area contributed by atoms with Gasteiger partial charge in [0.05, 0.1) is 0 Å². The second-order valence-electron chi connectivity index (χ2n) is 13.8. The Bertz CT molecular complexity index is 3150. The van der Waals surface area contributed by atoms with E-state index in [1.165, 1.54) is 5.57 Å². The number of furan rings is 3. The van der Waals surface area contributed by atoms with Crippen LogP contribution in [0.3, 0.4) is 0 Å². The summed E-state index contributed by atoms with van der Waals surface area (Å²) in [6.45, 7) is 0. The molecule has 1 atom stereocenters. The summed E-state index contributed by atoms with van der Waals surface area (Å²) in [4.78, 5) is 16.2. The first-order valence-corrected chi connectivity index (χ1v) is 17.6. The largest absolute Gasteiger partial charge is 0.460 e. The molecule has 0 N–H and O–H groups in total. The molecule has 12 rings (SSSR count). The highest BCUT2D eigenvalue weighted by molar-refractivity contribution is 6.14. The van der Waals surface area contributed by atoms with Crippen molar-refractivity contribution in [2.24, 2.45) is 0 Å². The van der Waals surface area contributed by atoms with Crippen LogP contribution in [0.5, 0.6) is 0 Å². The molecule has 2 bridgehead atoms.